The van der Waals surface area contributed by atoms with E-state index in [0.717, 1.165) is 39.0 Å². The van der Waals surface area contributed by atoms with Gasteiger partial charge in [-0.2, -0.15) is 0 Å². The predicted molar refractivity (Wildman–Crippen MR) is 273 cm³/mol. The minimum absolute atomic E-state index is 0.224. The average Bonchev–Trinajstić information content (AvgIpc) is 3.85. The minimum Gasteiger partial charge on any atom is -0.456 e. The number of fused-ring (bicyclic) bond motifs is 6. The first kappa shape index (κ1) is 38.5. The zero-order chi connectivity index (χ0) is 43.5. The third-order valence-electron chi connectivity index (χ3n) is 13.5. The average molecular weight is 832 g/mol. The number of hydrogen-bond acceptors (Lipinski definition) is 2. The van der Waals surface area contributed by atoms with Crippen LogP contribution in [0.4, 0.5) is 17.1 Å². The fourth-order valence-corrected chi connectivity index (χ4v) is 10.00. The van der Waals surface area contributed by atoms with Crippen LogP contribution in [0.3, 0.4) is 0 Å². The monoisotopic (exact) mass is 831 g/mol. The van der Waals surface area contributed by atoms with Crippen molar-refractivity contribution in [3.05, 3.63) is 248 Å². The second kappa shape index (κ2) is 15.6. The van der Waals surface area contributed by atoms with E-state index in [1.807, 2.05) is 12.1 Å². The van der Waals surface area contributed by atoms with Crippen molar-refractivity contribution < 1.29 is 4.42 Å². The second-order valence-corrected chi connectivity index (χ2v) is 17.7. The molecule has 2 nitrogen and oxygen atoms in total. The Hall–Kier alpha value is -8.20. The van der Waals surface area contributed by atoms with Gasteiger partial charge in [0.05, 0.1) is 0 Å². The van der Waals surface area contributed by atoms with Gasteiger partial charge < -0.3 is 9.32 Å². The van der Waals surface area contributed by atoms with Crippen LogP contribution in [0.2, 0.25) is 0 Å². The molecule has 0 saturated carbocycles. The number of hydrogen-bond donors (Lipinski definition) is 0. The Bertz CT molecular complexity index is 3530. The fraction of sp³-hybridized carbons (Fsp3) is 0.0476. The summed E-state index contributed by atoms with van der Waals surface area (Å²) >= 11 is 0. The summed E-state index contributed by atoms with van der Waals surface area (Å²) in [5, 5.41) is 2.29. The van der Waals surface area contributed by atoms with Gasteiger partial charge in [0, 0.05) is 33.2 Å². The molecule has 10 aromatic carbocycles. The molecule has 2 heteroatoms. The maximum atomic E-state index is 6.17. The van der Waals surface area contributed by atoms with Gasteiger partial charge in [-0.1, -0.05) is 184 Å². The predicted octanol–water partition coefficient (Wildman–Crippen LogP) is 17.7. The standard InChI is InChI=1S/C63H45NO/c1-63(2)59-40-51(50-29-37-62-58(39-50)57-18-9-10-19-61(57)65-62)28-35-55(59)56-36-34-54(41-60(56)63)64(52-30-24-46(25-31-52)45-22-20-44(21-23-45)42-12-5-3-6-13-42)53-32-26-47(27-33-53)49-17-11-16-48(38-49)43-14-7-4-8-15-43/h3-41H,1-2H3. The molecule has 0 amide bonds. The third-order valence-corrected chi connectivity index (χ3v) is 13.5. The van der Waals surface area contributed by atoms with Crippen molar-refractivity contribution in [3.8, 4) is 66.8 Å². The molecule has 1 aliphatic rings. The summed E-state index contributed by atoms with van der Waals surface area (Å²) in [6.07, 6.45) is 0. The van der Waals surface area contributed by atoms with Gasteiger partial charge >= 0.3 is 0 Å². The molecule has 0 aliphatic heterocycles. The van der Waals surface area contributed by atoms with Gasteiger partial charge in [0.25, 0.3) is 0 Å². The Balaban J connectivity index is 0.910. The number of nitrogens with zero attached hydrogens (tertiary/aromatic N) is 1. The van der Waals surface area contributed by atoms with Crippen molar-refractivity contribution in [2.24, 2.45) is 0 Å². The highest BCUT2D eigenvalue weighted by Gasteiger charge is 2.36. The maximum Gasteiger partial charge on any atom is 0.135 e. The largest absolute Gasteiger partial charge is 0.456 e. The van der Waals surface area contributed by atoms with Crippen LogP contribution in [0.15, 0.2) is 241 Å². The van der Waals surface area contributed by atoms with E-state index in [2.05, 4.69) is 243 Å². The number of rotatable bonds is 8. The van der Waals surface area contributed by atoms with E-state index in [9.17, 15) is 0 Å². The Kier molecular flexibility index (Phi) is 9.21. The summed E-state index contributed by atoms with van der Waals surface area (Å²) in [6.45, 7) is 4.75. The number of furan rings is 1. The molecular formula is C63H45NO. The molecule has 0 unspecified atom stereocenters. The van der Waals surface area contributed by atoms with Crippen molar-refractivity contribution in [3.63, 3.8) is 0 Å². The van der Waals surface area contributed by atoms with Crippen LogP contribution < -0.4 is 4.90 Å². The zero-order valence-electron chi connectivity index (χ0n) is 36.4. The number of benzene rings is 10. The molecule has 12 rings (SSSR count). The van der Waals surface area contributed by atoms with E-state index in [1.54, 1.807) is 0 Å². The van der Waals surface area contributed by atoms with E-state index in [1.165, 1.54) is 77.9 Å². The Morgan fingerprint density at radius 3 is 1.32 bits per heavy atom. The van der Waals surface area contributed by atoms with E-state index < -0.39 is 0 Å². The molecule has 11 aromatic rings. The molecule has 1 heterocycles. The molecular weight excluding hydrogens is 787 g/mol. The van der Waals surface area contributed by atoms with Crippen LogP contribution in [0.5, 0.6) is 0 Å². The summed E-state index contributed by atoms with van der Waals surface area (Å²) in [5.74, 6) is 0. The number of anilines is 3. The Morgan fingerprint density at radius 2 is 0.692 bits per heavy atom. The van der Waals surface area contributed by atoms with Crippen molar-refractivity contribution in [1.29, 1.82) is 0 Å². The molecule has 65 heavy (non-hydrogen) atoms. The van der Waals surface area contributed by atoms with Crippen molar-refractivity contribution in [2.45, 2.75) is 19.3 Å². The van der Waals surface area contributed by atoms with Crippen LogP contribution >= 0.6 is 0 Å². The van der Waals surface area contributed by atoms with Crippen LogP contribution in [-0.4, -0.2) is 0 Å². The van der Waals surface area contributed by atoms with Crippen LogP contribution in [0, 0.1) is 0 Å². The molecule has 1 aliphatic carbocycles. The lowest BCUT2D eigenvalue weighted by Crippen LogP contribution is -2.16. The maximum absolute atomic E-state index is 6.17. The first-order chi connectivity index (χ1) is 31.9. The molecule has 0 saturated heterocycles. The van der Waals surface area contributed by atoms with Gasteiger partial charge in [0.15, 0.2) is 0 Å². The van der Waals surface area contributed by atoms with Gasteiger partial charge in [-0.3, -0.25) is 0 Å². The van der Waals surface area contributed by atoms with Crippen molar-refractivity contribution in [2.75, 3.05) is 4.90 Å². The summed E-state index contributed by atoms with van der Waals surface area (Å²) in [4.78, 5) is 2.40. The van der Waals surface area contributed by atoms with E-state index in [-0.39, 0.29) is 5.41 Å². The molecule has 0 N–H and O–H groups in total. The summed E-state index contributed by atoms with van der Waals surface area (Å²) in [6, 6.07) is 85.9. The summed E-state index contributed by atoms with van der Waals surface area (Å²) in [7, 11) is 0. The first-order valence-electron chi connectivity index (χ1n) is 22.5. The highest BCUT2D eigenvalue weighted by Crippen LogP contribution is 2.52. The van der Waals surface area contributed by atoms with Gasteiger partial charge in [-0.25, -0.2) is 0 Å². The Labute approximate surface area is 380 Å². The Morgan fingerprint density at radius 1 is 0.292 bits per heavy atom. The highest BCUT2D eigenvalue weighted by atomic mass is 16.3. The lowest BCUT2D eigenvalue weighted by Gasteiger charge is -2.28. The SMILES string of the molecule is CC1(C)c2cc(-c3ccc4oc5ccccc5c4c3)ccc2-c2ccc(N(c3ccc(-c4ccc(-c5ccccc5)cc4)cc3)c3ccc(-c4cccc(-c5ccccc5)c4)cc3)cc21. The molecule has 1 aromatic heterocycles. The van der Waals surface area contributed by atoms with Crippen LogP contribution in [-0.2, 0) is 5.41 Å². The first-order valence-corrected chi connectivity index (χ1v) is 22.5. The van der Waals surface area contributed by atoms with E-state index in [0.29, 0.717) is 0 Å². The summed E-state index contributed by atoms with van der Waals surface area (Å²) < 4.78 is 6.17. The lowest BCUT2D eigenvalue weighted by molar-refractivity contribution is 0.660. The molecule has 308 valence electrons. The second-order valence-electron chi connectivity index (χ2n) is 17.7. The lowest BCUT2D eigenvalue weighted by atomic mass is 9.81. The van der Waals surface area contributed by atoms with Gasteiger partial charge in [-0.05, 0) is 145 Å². The minimum atomic E-state index is -0.224. The van der Waals surface area contributed by atoms with Crippen molar-refractivity contribution in [1.82, 2.24) is 0 Å². The smallest absolute Gasteiger partial charge is 0.135 e. The van der Waals surface area contributed by atoms with Gasteiger partial charge in [0.1, 0.15) is 11.2 Å². The quantitative estimate of drug-likeness (QED) is 0.152. The molecule has 0 bridgehead atoms. The van der Waals surface area contributed by atoms with Crippen LogP contribution in [0.1, 0.15) is 25.0 Å². The van der Waals surface area contributed by atoms with Crippen molar-refractivity contribution >= 4 is 39.0 Å². The normalized spacial score (nSPS) is 12.6. The van der Waals surface area contributed by atoms with E-state index in [4.69, 9.17) is 4.42 Å². The molecule has 0 spiro atoms. The van der Waals surface area contributed by atoms with Gasteiger partial charge in [-0.15, -0.1) is 0 Å². The molecule has 0 fully saturated rings. The zero-order valence-corrected chi connectivity index (χ0v) is 36.4. The number of para-hydroxylation sites is 1. The highest BCUT2D eigenvalue weighted by molar-refractivity contribution is 6.06. The van der Waals surface area contributed by atoms with E-state index >= 15 is 0 Å². The third kappa shape index (κ3) is 6.83. The summed E-state index contributed by atoms with van der Waals surface area (Å²) in [5.41, 5.74) is 22.2. The molecule has 0 atom stereocenters. The fourth-order valence-electron chi connectivity index (χ4n) is 10.00. The van der Waals surface area contributed by atoms with Crippen LogP contribution in [0.25, 0.3) is 88.7 Å². The van der Waals surface area contributed by atoms with Gasteiger partial charge in [0.2, 0.25) is 0 Å². The topological polar surface area (TPSA) is 16.4 Å². The molecule has 0 radical (unpaired) electrons.